The first kappa shape index (κ1) is 13.1. The SMILES string of the molecule is COCc1cccc(Nc2cc(C)ccc2C#N)c1. The van der Waals surface area contributed by atoms with Gasteiger partial charge in [0.1, 0.15) is 6.07 Å². The second kappa shape index (κ2) is 6.03. The van der Waals surface area contributed by atoms with E-state index in [1.54, 1.807) is 7.11 Å². The van der Waals surface area contributed by atoms with Gasteiger partial charge in [-0.25, -0.2) is 0 Å². The van der Waals surface area contributed by atoms with Crippen molar-refractivity contribution in [3.8, 4) is 6.07 Å². The zero-order chi connectivity index (χ0) is 13.7. The van der Waals surface area contributed by atoms with Crippen molar-refractivity contribution in [2.75, 3.05) is 12.4 Å². The average molecular weight is 252 g/mol. The van der Waals surface area contributed by atoms with Crippen molar-refractivity contribution in [3.05, 3.63) is 59.2 Å². The minimum atomic E-state index is 0.578. The summed E-state index contributed by atoms with van der Waals surface area (Å²) in [5.41, 5.74) is 4.64. The van der Waals surface area contributed by atoms with E-state index < -0.39 is 0 Å². The molecular formula is C16H16N2O. The maximum atomic E-state index is 9.12. The van der Waals surface area contributed by atoms with Gasteiger partial charge in [0.15, 0.2) is 0 Å². The van der Waals surface area contributed by atoms with Gasteiger partial charge in [-0.15, -0.1) is 0 Å². The molecule has 0 spiro atoms. The molecule has 0 saturated carbocycles. The molecule has 0 radical (unpaired) electrons. The maximum absolute atomic E-state index is 9.12. The highest BCUT2D eigenvalue weighted by atomic mass is 16.5. The molecule has 96 valence electrons. The Balaban J connectivity index is 2.28. The van der Waals surface area contributed by atoms with E-state index in [0.717, 1.165) is 22.5 Å². The molecule has 0 atom stereocenters. The third-order valence-electron chi connectivity index (χ3n) is 2.81. The van der Waals surface area contributed by atoms with Crippen LogP contribution in [0.4, 0.5) is 11.4 Å². The summed E-state index contributed by atoms with van der Waals surface area (Å²) in [4.78, 5) is 0. The zero-order valence-corrected chi connectivity index (χ0v) is 11.1. The topological polar surface area (TPSA) is 45.0 Å². The van der Waals surface area contributed by atoms with Crippen LogP contribution in [0.25, 0.3) is 0 Å². The number of methoxy groups -OCH3 is 1. The van der Waals surface area contributed by atoms with Crippen LogP contribution in [-0.4, -0.2) is 7.11 Å². The summed E-state index contributed by atoms with van der Waals surface area (Å²) >= 11 is 0. The Kier molecular flexibility index (Phi) is 4.17. The fourth-order valence-corrected chi connectivity index (χ4v) is 1.92. The van der Waals surface area contributed by atoms with E-state index in [0.29, 0.717) is 12.2 Å². The monoisotopic (exact) mass is 252 g/mol. The van der Waals surface area contributed by atoms with E-state index in [1.165, 1.54) is 0 Å². The fraction of sp³-hybridized carbons (Fsp3) is 0.188. The summed E-state index contributed by atoms with van der Waals surface area (Å²) in [6.45, 7) is 2.59. The first-order valence-corrected chi connectivity index (χ1v) is 6.08. The van der Waals surface area contributed by atoms with Crippen LogP contribution in [0.15, 0.2) is 42.5 Å². The van der Waals surface area contributed by atoms with Crippen molar-refractivity contribution in [2.45, 2.75) is 13.5 Å². The van der Waals surface area contributed by atoms with Crippen molar-refractivity contribution in [2.24, 2.45) is 0 Å². The molecule has 0 aromatic heterocycles. The van der Waals surface area contributed by atoms with Crippen LogP contribution in [0, 0.1) is 18.3 Å². The average Bonchev–Trinajstić information content (AvgIpc) is 2.40. The molecule has 0 bridgehead atoms. The molecule has 2 rings (SSSR count). The van der Waals surface area contributed by atoms with E-state index >= 15 is 0 Å². The molecule has 0 heterocycles. The second-order valence-corrected chi connectivity index (χ2v) is 4.42. The Morgan fingerprint density at radius 1 is 1.21 bits per heavy atom. The quantitative estimate of drug-likeness (QED) is 0.901. The Morgan fingerprint density at radius 2 is 2.05 bits per heavy atom. The van der Waals surface area contributed by atoms with Gasteiger partial charge in [-0.1, -0.05) is 18.2 Å². The molecule has 1 N–H and O–H groups in total. The van der Waals surface area contributed by atoms with Crippen molar-refractivity contribution in [3.63, 3.8) is 0 Å². The minimum Gasteiger partial charge on any atom is -0.380 e. The first-order chi connectivity index (χ1) is 9.22. The predicted molar refractivity (Wildman–Crippen MR) is 76.3 cm³/mol. The molecule has 3 heteroatoms. The highest BCUT2D eigenvalue weighted by Gasteiger charge is 2.03. The van der Waals surface area contributed by atoms with Crippen LogP contribution in [0.2, 0.25) is 0 Å². The van der Waals surface area contributed by atoms with Gasteiger partial charge in [0.2, 0.25) is 0 Å². The molecule has 19 heavy (non-hydrogen) atoms. The summed E-state index contributed by atoms with van der Waals surface area (Å²) in [6, 6.07) is 15.9. The van der Waals surface area contributed by atoms with E-state index in [1.807, 2.05) is 49.4 Å². The lowest BCUT2D eigenvalue weighted by atomic mass is 10.1. The number of ether oxygens (including phenoxy) is 1. The summed E-state index contributed by atoms with van der Waals surface area (Å²) in [5, 5.41) is 12.4. The van der Waals surface area contributed by atoms with Gasteiger partial charge in [-0.3, -0.25) is 0 Å². The van der Waals surface area contributed by atoms with Crippen LogP contribution in [0.3, 0.4) is 0 Å². The van der Waals surface area contributed by atoms with Gasteiger partial charge in [0.05, 0.1) is 17.9 Å². The molecule has 0 aliphatic heterocycles. The van der Waals surface area contributed by atoms with Crippen LogP contribution in [-0.2, 0) is 11.3 Å². The van der Waals surface area contributed by atoms with E-state index in [4.69, 9.17) is 10.00 Å². The van der Waals surface area contributed by atoms with Crippen molar-refractivity contribution in [1.29, 1.82) is 5.26 Å². The van der Waals surface area contributed by atoms with Gasteiger partial charge in [0.25, 0.3) is 0 Å². The molecule has 0 fully saturated rings. The van der Waals surface area contributed by atoms with Gasteiger partial charge in [0, 0.05) is 12.8 Å². The molecule has 0 saturated heterocycles. The number of rotatable bonds is 4. The van der Waals surface area contributed by atoms with Gasteiger partial charge in [-0.05, 0) is 42.3 Å². The largest absolute Gasteiger partial charge is 0.380 e. The minimum absolute atomic E-state index is 0.578. The van der Waals surface area contributed by atoms with Crippen molar-refractivity contribution in [1.82, 2.24) is 0 Å². The lowest BCUT2D eigenvalue weighted by Gasteiger charge is -2.10. The molecular weight excluding hydrogens is 236 g/mol. The molecule has 0 amide bonds. The number of hydrogen-bond donors (Lipinski definition) is 1. The Morgan fingerprint density at radius 3 is 2.79 bits per heavy atom. The summed E-state index contributed by atoms with van der Waals surface area (Å²) < 4.78 is 5.12. The van der Waals surface area contributed by atoms with Crippen molar-refractivity contribution >= 4 is 11.4 Å². The van der Waals surface area contributed by atoms with Gasteiger partial charge < -0.3 is 10.1 Å². The zero-order valence-electron chi connectivity index (χ0n) is 11.1. The second-order valence-electron chi connectivity index (χ2n) is 4.42. The summed E-state index contributed by atoms with van der Waals surface area (Å²) in [5.74, 6) is 0. The van der Waals surface area contributed by atoms with Gasteiger partial charge >= 0.3 is 0 Å². The lowest BCUT2D eigenvalue weighted by molar-refractivity contribution is 0.185. The normalized spacial score (nSPS) is 9.95. The Labute approximate surface area is 113 Å². The number of aryl methyl sites for hydroxylation is 1. The van der Waals surface area contributed by atoms with E-state index in [2.05, 4.69) is 11.4 Å². The van der Waals surface area contributed by atoms with Crippen molar-refractivity contribution < 1.29 is 4.74 Å². The number of benzene rings is 2. The Bertz CT molecular complexity index is 614. The maximum Gasteiger partial charge on any atom is 0.101 e. The van der Waals surface area contributed by atoms with Crippen LogP contribution < -0.4 is 5.32 Å². The third kappa shape index (κ3) is 3.34. The number of nitriles is 1. The highest BCUT2D eigenvalue weighted by molar-refractivity contribution is 5.67. The smallest absolute Gasteiger partial charge is 0.101 e. The van der Waals surface area contributed by atoms with Crippen LogP contribution in [0.5, 0.6) is 0 Å². The predicted octanol–water partition coefficient (Wildman–Crippen LogP) is 3.76. The molecule has 2 aromatic carbocycles. The summed E-state index contributed by atoms with van der Waals surface area (Å²) in [6.07, 6.45) is 0. The number of nitrogens with zero attached hydrogens (tertiary/aromatic N) is 1. The molecule has 0 aliphatic carbocycles. The number of hydrogen-bond acceptors (Lipinski definition) is 3. The van der Waals surface area contributed by atoms with Gasteiger partial charge in [-0.2, -0.15) is 5.26 Å². The molecule has 0 unspecified atom stereocenters. The van der Waals surface area contributed by atoms with E-state index in [-0.39, 0.29) is 0 Å². The van der Waals surface area contributed by atoms with Crippen LogP contribution in [0.1, 0.15) is 16.7 Å². The lowest BCUT2D eigenvalue weighted by Crippen LogP contribution is -1.96. The Hall–Kier alpha value is -2.31. The number of nitrogens with one attached hydrogen (secondary N) is 1. The summed E-state index contributed by atoms with van der Waals surface area (Å²) in [7, 11) is 1.68. The fourth-order valence-electron chi connectivity index (χ4n) is 1.92. The first-order valence-electron chi connectivity index (χ1n) is 6.08. The third-order valence-corrected chi connectivity index (χ3v) is 2.81. The molecule has 0 aliphatic rings. The molecule has 2 aromatic rings. The number of anilines is 2. The standard InChI is InChI=1S/C16H16N2O/c1-12-6-7-14(10-17)16(8-12)18-15-5-3-4-13(9-15)11-19-2/h3-9,18H,11H2,1-2H3. The van der Waals surface area contributed by atoms with Crippen LogP contribution >= 0.6 is 0 Å². The molecule has 3 nitrogen and oxygen atoms in total. The highest BCUT2D eigenvalue weighted by Crippen LogP contribution is 2.22. The van der Waals surface area contributed by atoms with E-state index in [9.17, 15) is 0 Å².